The van der Waals surface area contributed by atoms with Gasteiger partial charge >= 0.3 is 0 Å². The average Bonchev–Trinajstić information content (AvgIpc) is 3.89. The lowest BCUT2D eigenvalue weighted by Gasteiger charge is -2.14. The molecule has 352 valence electrons. The van der Waals surface area contributed by atoms with E-state index in [9.17, 15) is 0 Å². The van der Waals surface area contributed by atoms with Crippen molar-refractivity contribution in [3.8, 4) is 117 Å². The molecule has 12 aromatic carbocycles. The van der Waals surface area contributed by atoms with Crippen LogP contribution in [-0.4, -0.2) is 4.57 Å². The standard InChI is InChI=1S/C74H51N/c1-7-19-52(20-8-1)58-31-35-60(36-32-58)68-45-69(61-37-33-59(34-38-61)53-21-9-2-10-22-53)49-71(48-68)75-51-73(70-46-65(56-27-15-5-16-28-56)42-66(47-70)57-29-17-6-18-30-57)72-50-62(39-40-74(72)75)67-43-63(54-23-11-3-12-24-54)41-64(44-67)55-25-13-4-14-26-55/h1-51H. The van der Waals surface area contributed by atoms with Gasteiger partial charge in [0, 0.05) is 22.8 Å². The number of benzene rings is 12. The fraction of sp³-hybridized carbons (Fsp3) is 0. The molecule has 1 aromatic heterocycles. The summed E-state index contributed by atoms with van der Waals surface area (Å²) < 4.78 is 2.42. The molecule has 0 aliphatic carbocycles. The van der Waals surface area contributed by atoms with Crippen LogP contribution < -0.4 is 0 Å². The van der Waals surface area contributed by atoms with Crippen molar-refractivity contribution in [1.82, 2.24) is 4.57 Å². The summed E-state index contributed by atoms with van der Waals surface area (Å²) in [6.07, 6.45) is 2.38. The van der Waals surface area contributed by atoms with Gasteiger partial charge in [-0.05, 0) is 172 Å². The van der Waals surface area contributed by atoms with Gasteiger partial charge in [0.15, 0.2) is 0 Å². The Balaban J connectivity index is 1.04. The number of hydrogen-bond acceptors (Lipinski definition) is 0. The van der Waals surface area contributed by atoms with E-state index < -0.39 is 0 Å². The second-order valence-electron chi connectivity index (χ2n) is 19.4. The number of rotatable bonds is 11. The van der Waals surface area contributed by atoms with Crippen molar-refractivity contribution in [1.29, 1.82) is 0 Å². The van der Waals surface area contributed by atoms with Crippen LogP contribution in [0.1, 0.15) is 0 Å². The smallest absolute Gasteiger partial charge is 0.0535 e. The van der Waals surface area contributed by atoms with Crippen LogP contribution in [0.2, 0.25) is 0 Å². The minimum absolute atomic E-state index is 1.09. The van der Waals surface area contributed by atoms with Gasteiger partial charge in [-0.15, -0.1) is 0 Å². The third-order valence-electron chi connectivity index (χ3n) is 14.6. The van der Waals surface area contributed by atoms with Crippen LogP contribution >= 0.6 is 0 Å². The highest BCUT2D eigenvalue weighted by Crippen LogP contribution is 2.42. The molecule has 0 radical (unpaired) electrons. The van der Waals surface area contributed by atoms with Gasteiger partial charge in [-0.1, -0.05) is 237 Å². The molecule has 75 heavy (non-hydrogen) atoms. The van der Waals surface area contributed by atoms with E-state index in [1.807, 2.05) is 0 Å². The monoisotopic (exact) mass is 953 g/mol. The molecular formula is C74H51N. The predicted molar refractivity (Wildman–Crippen MR) is 318 cm³/mol. The molecule has 0 N–H and O–H groups in total. The topological polar surface area (TPSA) is 4.93 Å². The van der Waals surface area contributed by atoms with Gasteiger partial charge in [0.25, 0.3) is 0 Å². The largest absolute Gasteiger partial charge is 0.316 e. The third kappa shape index (κ3) is 9.32. The van der Waals surface area contributed by atoms with Gasteiger partial charge in [-0.25, -0.2) is 0 Å². The molecular weight excluding hydrogens is 903 g/mol. The van der Waals surface area contributed by atoms with Gasteiger partial charge in [0.1, 0.15) is 0 Å². The van der Waals surface area contributed by atoms with E-state index in [4.69, 9.17) is 0 Å². The first kappa shape index (κ1) is 45.1. The molecule has 13 rings (SSSR count). The first-order valence-electron chi connectivity index (χ1n) is 25.8. The zero-order valence-electron chi connectivity index (χ0n) is 41.4. The van der Waals surface area contributed by atoms with Gasteiger partial charge in [0.2, 0.25) is 0 Å². The average molecular weight is 954 g/mol. The maximum absolute atomic E-state index is 2.42. The molecule has 0 aliphatic heterocycles. The summed E-state index contributed by atoms with van der Waals surface area (Å²) in [7, 11) is 0. The summed E-state index contributed by atoms with van der Waals surface area (Å²) in [4.78, 5) is 0. The lowest BCUT2D eigenvalue weighted by atomic mass is 9.91. The summed E-state index contributed by atoms with van der Waals surface area (Å²) >= 11 is 0. The molecule has 0 aliphatic rings. The quantitative estimate of drug-likeness (QED) is 0.122. The van der Waals surface area contributed by atoms with Gasteiger partial charge < -0.3 is 4.57 Å². The highest BCUT2D eigenvalue weighted by Gasteiger charge is 2.19. The van der Waals surface area contributed by atoms with Crippen LogP contribution in [0, 0.1) is 0 Å². The summed E-state index contributed by atoms with van der Waals surface area (Å²) in [6, 6.07) is 111. The van der Waals surface area contributed by atoms with Gasteiger partial charge in [0.05, 0.1) is 5.52 Å². The number of aromatic nitrogens is 1. The van der Waals surface area contributed by atoms with E-state index in [2.05, 4.69) is 314 Å². The fourth-order valence-electron chi connectivity index (χ4n) is 10.7. The Morgan fingerprint density at radius 2 is 0.413 bits per heavy atom. The SMILES string of the molecule is c1ccc(-c2ccc(-c3cc(-c4ccc(-c5ccccc5)cc4)cc(-n4cc(-c5cc(-c6ccccc6)cc(-c6ccccc6)c5)c5cc(-c6cc(-c7ccccc7)cc(-c7ccccc7)c6)ccc54)c3)cc2)cc1. The Kier molecular flexibility index (Phi) is 12.0. The zero-order valence-corrected chi connectivity index (χ0v) is 41.4. The highest BCUT2D eigenvalue weighted by molar-refractivity contribution is 6.01. The Hall–Kier alpha value is -9.82. The Morgan fingerprint density at radius 1 is 0.173 bits per heavy atom. The van der Waals surface area contributed by atoms with Crippen molar-refractivity contribution in [2.45, 2.75) is 0 Å². The van der Waals surface area contributed by atoms with Crippen molar-refractivity contribution in [2.75, 3.05) is 0 Å². The molecule has 0 bridgehead atoms. The normalized spacial score (nSPS) is 11.2. The van der Waals surface area contributed by atoms with Gasteiger partial charge in [-0.2, -0.15) is 0 Å². The van der Waals surface area contributed by atoms with Crippen LogP contribution in [0.25, 0.3) is 128 Å². The molecule has 0 atom stereocenters. The maximum atomic E-state index is 2.42. The molecule has 0 saturated heterocycles. The molecule has 0 saturated carbocycles. The zero-order chi connectivity index (χ0) is 49.9. The molecule has 1 nitrogen and oxygen atoms in total. The van der Waals surface area contributed by atoms with Crippen LogP contribution in [-0.2, 0) is 0 Å². The molecule has 0 spiro atoms. The van der Waals surface area contributed by atoms with Crippen molar-refractivity contribution >= 4 is 10.9 Å². The molecule has 0 unspecified atom stereocenters. The Morgan fingerprint density at radius 3 is 0.747 bits per heavy atom. The molecule has 1 heterocycles. The number of nitrogens with zero attached hydrogens (tertiary/aromatic N) is 1. The van der Waals surface area contributed by atoms with Crippen LogP contribution in [0.15, 0.2) is 310 Å². The van der Waals surface area contributed by atoms with E-state index in [0.29, 0.717) is 0 Å². The first-order valence-corrected chi connectivity index (χ1v) is 25.8. The summed E-state index contributed by atoms with van der Waals surface area (Å²) in [5.74, 6) is 0. The predicted octanol–water partition coefficient (Wildman–Crippen LogP) is 20.3. The summed E-state index contributed by atoms with van der Waals surface area (Å²) in [5, 5.41) is 1.18. The summed E-state index contributed by atoms with van der Waals surface area (Å²) in [5.41, 5.74) is 25.8. The second-order valence-corrected chi connectivity index (χ2v) is 19.4. The second kappa shape index (κ2) is 20.0. The molecule has 1 heteroatoms. The van der Waals surface area contributed by atoms with Crippen LogP contribution in [0.5, 0.6) is 0 Å². The minimum Gasteiger partial charge on any atom is -0.316 e. The number of hydrogen-bond donors (Lipinski definition) is 0. The fourth-order valence-corrected chi connectivity index (χ4v) is 10.7. The first-order chi connectivity index (χ1) is 37.1. The van der Waals surface area contributed by atoms with E-state index >= 15 is 0 Å². The van der Waals surface area contributed by atoms with E-state index in [0.717, 1.165) is 50.1 Å². The van der Waals surface area contributed by atoms with Crippen molar-refractivity contribution < 1.29 is 0 Å². The lowest BCUT2D eigenvalue weighted by Crippen LogP contribution is -1.95. The summed E-state index contributed by atoms with van der Waals surface area (Å²) in [6.45, 7) is 0. The van der Waals surface area contributed by atoms with Crippen molar-refractivity contribution in [3.63, 3.8) is 0 Å². The van der Waals surface area contributed by atoms with E-state index in [1.54, 1.807) is 0 Å². The van der Waals surface area contributed by atoms with Crippen LogP contribution in [0.4, 0.5) is 0 Å². The Labute approximate surface area is 439 Å². The highest BCUT2D eigenvalue weighted by atomic mass is 15.0. The Bertz CT molecular complexity index is 3870. The number of fused-ring (bicyclic) bond motifs is 1. The molecule has 0 amide bonds. The van der Waals surface area contributed by atoms with Gasteiger partial charge in [-0.3, -0.25) is 0 Å². The maximum Gasteiger partial charge on any atom is 0.0535 e. The van der Waals surface area contributed by atoms with Crippen molar-refractivity contribution in [3.05, 3.63) is 310 Å². The lowest BCUT2D eigenvalue weighted by molar-refractivity contribution is 1.13. The molecule has 0 fully saturated rings. The van der Waals surface area contributed by atoms with Crippen molar-refractivity contribution in [2.24, 2.45) is 0 Å². The third-order valence-corrected chi connectivity index (χ3v) is 14.6. The van der Waals surface area contributed by atoms with Crippen LogP contribution in [0.3, 0.4) is 0 Å². The molecule has 13 aromatic rings. The van der Waals surface area contributed by atoms with E-state index in [-0.39, 0.29) is 0 Å². The minimum atomic E-state index is 1.09. The van der Waals surface area contributed by atoms with E-state index in [1.165, 1.54) is 77.7 Å².